The van der Waals surface area contributed by atoms with E-state index < -0.39 is 22.9 Å². The molecule has 0 saturated carbocycles. The Hall–Kier alpha value is -4.41. The summed E-state index contributed by atoms with van der Waals surface area (Å²) >= 11 is 0. The number of carbonyl (C=O) groups excluding carboxylic acids is 1. The molecule has 0 bridgehead atoms. The van der Waals surface area contributed by atoms with Gasteiger partial charge in [0.05, 0.1) is 37.6 Å². The van der Waals surface area contributed by atoms with Crippen LogP contribution in [0.5, 0.6) is 17.2 Å². The summed E-state index contributed by atoms with van der Waals surface area (Å²) in [7, 11) is 4.39. The van der Waals surface area contributed by atoms with Crippen molar-refractivity contribution in [2.45, 2.75) is 6.54 Å². The molecule has 0 fully saturated rings. The van der Waals surface area contributed by atoms with Crippen LogP contribution in [0.2, 0.25) is 0 Å². The van der Waals surface area contributed by atoms with Crippen LogP contribution in [0, 0.1) is 10.1 Å². The standard InChI is InChI=1S/C21H20N4O7/c1-30-14-5-8-18(31-2)15(11-14)16-6-9-21(27)24(23-16)12-20(26)22-17-10-13(25(28)29)4-7-19(17)32-3/h4-11H,12H2,1-3H3,(H,22,26). The monoisotopic (exact) mass is 440 g/mol. The van der Waals surface area contributed by atoms with Gasteiger partial charge in [0.1, 0.15) is 23.8 Å². The van der Waals surface area contributed by atoms with Crippen molar-refractivity contribution in [2.75, 3.05) is 26.6 Å². The third-order valence-electron chi connectivity index (χ3n) is 4.51. The van der Waals surface area contributed by atoms with Gasteiger partial charge in [-0.2, -0.15) is 5.10 Å². The van der Waals surface area contributed by atoms with Gasteiger partial charge in [0.15, 0.2) is 0 Å². The van der Waals surface area contributed by atoms with Crippen LogP contribution in [0.15, 0.2) is 53.3 Å². The molecule has 0 aliphatic rings. The van der Waals surface area contributed by atoms with Crippen molar-refractivity contribution in [1.29, 1.82) is 0 Å². The highest BCUT2D eigenvalue weighted by molar-refractivity contribution is 5.92. The third-order valence-corrected chi connectivity index (χ3v) is 4.51. The van der Waals surface area contributed by atoms with Gasteiger partial charge in [0, 0.05) is 23.8 Å². The zero-order chi connectivity index (χ0) is 23.3. The van der Waals surface area contributed by atoms with Gasteiger partial charge < -0.3 is 19.5 Å². The predicted octanol–water partition coefficient (Wildman–Crippen LogP) is 2.48. The predicted molar refractivity (Wildman–Crippen MR) is 115 cm³/mol. The van der Waals surface area contributed by atoms with Gasteiger partial charge in [-0.15, -0.1) is 0 Å². The summed E-state index contributed by atoms with van der Waals surface area (Å²) in [4.78, 5) is 35.3. The van der Waals surface area contributed by atoms with E-state index in [1.165, 1.54) is 51.7 Å². The molecule has 0 saturated heterocycles. The largest absolute Gasteiger partial charge is 0.497 e. The lowest BCUT2D eigenvalue weighted by Gasteiger charge is -2.12. The first-order valence-corrected chi connectivity index (χ1v) is 9.29. The Labute approximate surface area is 182 Å². The molecular formula is C21H20N4O7. The number of amides is 1. The number of non-ortho nitro benzene ring substituents is 1. The van der Waals surface area contributed by atoms with Crippen LogP contribution in [0.1, 0.15) is 0 Å². The molecule has 0 aliphatic heterocycles. The van der Waals surface area contributed by atoms with Gasteiger partial charge in [-0.25, -0.2) is 4.68 Å². The van der Waals surface area contributed by atoms with Crippen molar-refractivity contribution in [3.63, 3.8) is 0 Å². The van der Waals surface area contributed by atoms with Gasteiger partial charge in [-0.3, -0.25) is 19.7 Å². The first-order valence-electron chi connectivity index (χ1n) is 9.29. The van der Waals surface area contributed by atoms with Gasteiger partial charge in [-0.05, 0) is 30.3 Å². The lowest BCUT2D eigenvalue weighted by atomic mass is 10.1. The summed E-state index contributed by atoms with van der Waals surface area (Å²) < 4.78 is 16.7. The van der Waals surface area contributed by atoms with E-state index in [0.29, 0.717) is 22.8 Å². The topological polar surface area (TPSA) is 135 Å². The molecule has 0 aliphatic carbocycles. The maximum Gasteiger partial charge on any atom is 0.271 e. The number of nitrogens with one attached hydrogen (secondary N) is 1. The normalized spacial score (nSPS) is 10.3. The van der Waals surface area contributed by atoms with Crippen molar-refractivity contribution in [2.24, 2.45) is 0 Å². The molecule has 3 aromatic rings. The van der Waals surface area contributed by atoms with E-state index in [2.05, 4.69) is 10.4 Å². The average Bonchev–Trinajstić information content (AvgIpc) is 2.79. The maximum atomic E-state index is 12.6. The minimum Gasteiger partial charge on any atom is -0.497 e. The SMILES string of the molecule is COc1ccc(OC)c(-c2ccc(=O)n(CC(=O)Nc3cc([N+](=O)[O-])ccc3OC)n2)c1. The van der Waals surface area contributed by atoms with E-state index in [4.69, 9.17) is 14.2 Å². The highest BCUT2D eigenvalue weighted by Crippen LogP contribution is 2.32. The summed E-state index contributed by atoms with van der Waals surface area (Å²) in [5, 5.41) is 17.8. The second kappa shape index (κ2) is 9.60. The molecule has 1 aromatic heterocycles. The number of anilines is 1. The number of methoxy groups -OCH3 is 3. The molecule has 1 heterocycles. The first kappa shape index (κ1) is 22.3. The molecule has 3 rings (SSSR count). The Kier molecular flexibility index (Phi) is 6.68. The quantitative estimate of drug-likeness (QED) is 0.417. The molecule has 11 nitrogen and oxygen atoms in total. The highest BCUT2D eigenvalue weighted by atomic mass is 16.6. The number of aromatic nitrogens is 2. The number of hydrogen-bond donors (Lipinski definition) is 1. The fourth-order valence-electron chi connectivity index (χ4n) is 2.95. The number of benzene rings is 2. The number of nitro benzene ring substituents is 1. The fourth-order valence-corrected chi connectivity index (χ4v) is 2.95. The van der Waals surface area contributed by atoms with E-state index in [9.17, 15) is 19.7 Å². The van der Waals surface area contributed by atoms with E-state index in [0.717, 1.165) is 4.68 Å². The lowest BCUT2D eigenvalue weighted by Crippen LogP contribution is -2.29. The van der Waals surface area contributed by atoms with Crippen LogP contribution in [-0.4, -0.2) is 41.9 Å². The molecule has 0 atom stereocenters. The Balaban J connectivity index is 1.90. The maximum absolute atomic E-state index is 12.6. The zero-order valence-corrected chi connectivity index (χ0v) is 17.5. The molecular weight excluding hydrogens is 420 g/mol. The molecule has 1 N–H and O–H groups in total. The van der Waals surface area contributed by atoms with Gasteiger partial charge in [0.2, 0.25) is 5.91 Å². The molecule has 11 heteroatoms. The van der Waals surface area contributed by atoms with Crippen molar-refractivity contribution in [3.8, 4) is 28.5 Å². The van der Waals surface area contributed by atoms with Crippen molar-refractivity contribution in [1.82, 2.24) is 9.78 Å². The minimum atomic E-state index is -0.617. The van der Waals surface area contributed by atoms with Crippen molar-refractivity contribution in [3.05, 3.63) is 69.0 Å². The van der Waals surface area contributed by atoms with Crippen LogP contribution in [0.25, 0.3) is 11.3 Å². The number of hydrogen-bond acceptors (Lipinski definition) is 8. The summed E-state index contributed by atoms with van der Waals surface area (Å²) in [6.07, 6.45) is 0. The van der Waals surface area contributed by atoms with E-state index >= 15 is 0 Å². The van der Waals surface area contributed by atoms with Crippen LogP contribution in [-0.2, 0) is 11.3 Å². The second-order valence-electron chi connectivity index (χ2n) is 6.47. The number of rotatable bonds is 8. The first-order chi connectivity index (χ1) is 15.4. The number of ether oxygens (including phenoxy) is 3. The summed E-state index contributed by atoms with van der Waals surface area (Å²) in [6.45, 7) is -0.426. The van der Waals surface area contributed by atoms with E-state index in [1.807, 2.05) is 0 Å². The second-order valence-corrected chi connectivity index (χ2v) is 6.47. The summed E-state index contributed by atoms with van der Waals surface area (Å²) in [5.74, 6) is 0.692. The minimum absolute atomic E-state index is 0.102. The molecule has 0 spiro atoms. The Morgan fingerprint density at radius 1 is 1.03 bits per heavy atom. The van der Waals surface area contributed by atoms with E-state index in [-0.39, 0.29) is 17.1 Å². The molecule has 0 unspecified atom stereocenters. The molecule has 1 amide bonds. The van der Waals surface area contributed by atoms with Gasteiger partial charge >= 0.3 is 0 Å². The third kappa shape index (κ3) is 4.83. The van der Waals surface area contributed by atoms with Crippen LogP contribution in [0.3, 0.4) is 0 Å². The number of carbonyl (C=O) groups is 1. The van der Waals surface area contributed by atoms with Crippen LogP contribution >= 0.6 is 0 Å². The molecule has 2 aromatic carbocycles. The van der Waals surface area contributed by atoms with Crippen molar-refractivity contribution >= 4 is 17.3 Å². The van der Waals surface area contributed by atoms with Crippen molar-refractivity contribution < 1.29 is 23.9 Å². The highest BCUT2D eigenvalue weighted by Gasteiger charge is 2.16. The Bertz CT molecular complexity index is 1220. The smallest absolute Gasteiger partial charge is 0.271 e. The fraction of sp³-hybridized carbons (Fsp3) is 0.190. The molecule has 32 heavy (non-hydrogen) atoms. The van der Waals surface area contributed by atoms with E-state index in [1.54, 1.807) is 18.2 Å². The average molecular weight is 440 g/mol. The Morgan fingerprint density at radius 3 is 2.41 bits per heavy atom. The molecule has 0 radical (unpaired) electrons. The van der Waals surface area contributed by atoms with Crippen LogP contribution in [0.4, 0.5) is 11.4 Å². The molecule has 166 valence electrons. The van der Waals surface area contributed by atoms with Gasteiger partial charge in [-0.1, -0.05) is 0 Å². The van der Waals surface area contributed by atoms with Crippen LogP contribution < -0.4 is 25.1 Å². The zero-order valence-electron chi connectivity index (χ0n) is 17.5. The number of nitrogens with zero attached hydrogens (tertiary/aromatic N) is 3. The Morgan fingerprint density at radius 2 is 1.75 bits per heavy atom. The van der Waals surface area contributed by atoms with Gasteiger partial charge in [0.25, 0.3) is 11.2 Å². The lowest BCUT2D eigenvalue weighted by molar-refractivity contribution is -0.384. The summed E-state index contributed by atoms with van der Waals surface area (Å²) in [5.41, 5.74) is 0.341. The number of nitro groups is 1. The summed E-state index contributed by atoms with van der Waals surface area (Å²) in [6, 6.07) is 11.7.